The Morgan fingerprint density at radius 1 is 1.11 bits per heavy atom. The lowest BCUT2D eigenvalue weighted by atomic mass is 10.1. The number of rotatable bonds is 6. The SMILES string of the molecule is O=C(O)c1cc(OC2CCCC2)c(C(=O)NS(=O)(=O)N2CCCC2)cc1F. The summed E-state index contributed by atoms with van der Waals surface area (Å²) < 4.78 is 47.5. The molecule has 2 fully saturated rings. The van der Waals surface area contributed by atoms with Gasteiger partial charge in [0.1, 0.15) is 11.6 Å². The summed E-state index contributed by atoms with van der Waals surface area (Å²) in [7, 11) is -4.05. The van der Waals surface area contributed by atoms with Gasteiger partial charge in [-0.25, -0.2) is 13.9 Å². The lowest BCUT2D eigenvalue weighted by Crippen LogP contribution is -2.42. The Morgan fingerprint density at radius 3 is 2.33 bits per heavy atom. The Morgan fingerprint density at radius 2 is 1.74 bits per heavy atom. The molecule has 2 N–H and O–H groups in total. The minimum atomic E-state index is -4.05. The first-order valence-electron chi connectivity index (χ1n) is 8.83. The zero-order valence-electron chi connectivity index (χ0n) is 14.6. The number of ether oxygens (including phenoxy) is 1. The van der Waals surface area contributed by atoms with Crippen molar-refractivity contribution in [3.63, 3.8) is 0 Å². The Kier molecular flexibility index (Phi) is 5.66. The number of halogens is 1. The van der Waals surface area contributed by atoms with Crippen molar-refractivity contribution < 1.29 is 32.2 Å². The Hall–Kier alpha value is -2.20. The molecule has 0 atom stereocenters. The fourth-order valence-corrected chi connectivity index (χ4v) is 4.56. The van der Waals surface area contributed by atoms with Crippen LogP contribution in [0.5, 0.6) is 5.75 Å². The van der Waals surface area contributed by atoms with Crippen LogP contribution in [0.1, 0.15) is 59.2 Å². The highest BCUT2D eigenvalue weighted by atomic mass is 32.2. The van der Waals surface area contributed by atoms with E-state index >= 15 is 0 Å². The van der Waals surface area contributed by atoms with Gasteiger partial charge >= 0.3 is 16.2 Å². The van der Waals surface area contributed by atoms with Gasteiger partial charge < -0.3 is 9.84 Å². The highest BCUT2D eigenvalue weighted by Gasteiger charge is 2.30. The molecule has 0 radical (unpaired) electrons. The number of hydrogen-bond donors (Lipinski definition) is 2. The molecule has 148 valence electrons. The molecule has 8 nitrogen and oxygen atoms in total. The first-order chi connectivity index (χ1) is 12.8. The van der Waals surface area contributed by atoms with Gasteiger partial charge in [-0.3, -0.25) is 4.79 Å². The summed E-state index contributed by atoms with van der Waals surface area (Å²) in [5, 5.41) is 9.11. The highest BCUT2D eigenvalue weighted by Crippen LogP contribution is 2.29. The third kappa shape index (κ3) is 4.38. The van der Waals surface area contributed by atoms with Crippen LogP contribution < -0.4 is 9.46 Å². The topological polar surface area (TPSA) is 113 Å². The van der Waals surface area contributed by atoms with Crippen LogP contribution >= 0.6 is 0 Å². The molecular weight excluding hydrogens is 379 g/mol. The van der Waals surface area contributed by atoms with Crippen molar-refractivity contribution in [1.82, 2.24) is 9.03 Å². The molecule has 0 unspecified atom stereocenters. The highest BCUT2D eigenvalue weighted by molar-refractivity contribution is 7.87. The van der Waals surface area contributed by atoms with E-state index in [0.29, 0.717) is 32.0 Å². The third-order valence-electron chi connectivity index (χ3n) is 4.77. The van der Waals surface area contributed by atoms with Crippen LogP contribution in [0.2, 0.25) is 0 Å². The predicted octanol–water partition coefficient (Wildman–Crippen LogP) is 1.92. The molecule has 1 aliphatic heterocycles. The number of nitrogens with zero attached hydrogens (tertiary/aromatic N) is 1. The summed E-state index contributed by atoms with van der Waals surface area (Å²) in [6.07, 6.45) is 4.50. The zero-order valence-corrected chi connectivity index (χ0v) is 15.4. The van der Waals surface area contributed by atoms with Crippen LogP contribution in [0.3, 0.4) is 0 Å². The lowest BCUT2D eigenvalue weighted by Gasteiger charge is -2.19. The fraction of sp³-hybridized carbons (Fsp3) is 0.529. The number of hydrogen-bond acceptors (Lipinski definition) is 5. The van der Waals surface area contributed by atoms with E-state index in [2.05, 4.69) is 0 Å². The Labute approximate surface area is 156 Å². The Balaban J connectivity index is 1.90. The van der Waals surface area contributed by atoms with E-state index in [4.69, 9.17) is 9.84 Å². The van der Waals surface area contributed by atoms with Crippen LogP contribution in [-0.2, 0) is 10.2 Å². The summed E-state index contributed by atoms with van der Waals surface area (Å²) in [5.74, 6) is -3.81. The molecule has 0 aromatic heterocycles. The molecule has 1 heterocycles. The van der Waals surface area contributed by atoms with Crippen molar-refractivity contribution in [1.29, 1.82) is 0 Å². The fourth-order valence-electron chi connectivity index (χ4n) is 3.34. The van der Waals surface area contributed by atoms with Gasteiger partial charge in [0.25, 0.3) is 5.91 Å². The maximum Gasteiger partial charge on any atom is 0.338 e. The maximum atomic E-state index is 14.1. The molecule has 27 heavy (non-hydrogen) atoms. The Bertz CT molecular complexity index is 845. The van der Waals surface area contributed by atoms with Gasteiger partial charge in [-0.15, -0.1) is 0 Å². The number of aromatic carboxylic acids is 1. The number of nitrogens with one attached hydrogen (secondary N) is 1. The first-order valence-corrected chi connectivity index (χ1v) is 10.3. The third-order valence-corrected chi connectivity index (χ3v) is 6.26. The largest absolute Gasteiger partial charge is 0.490 e. The number of amides is 1. The standard InChI is InChI=1S/C17H21FN2O6S/c18-14-9-13(16(21)19-27(24,25)20-7-3-4-8-20)15(10-12(14)17(22)23)26-11-5-1-2-6-11/h9-11H,1-8H2,(H,19,21)(H,22,23). The number of benzene rings is 1. The van der Waals surface area contributed by atoms with Crippen LogP contribution in [0.4, 0.5) is 4.39 Å². The molecule has 1 amide bonds. The van der Waals surface area contributed by atoms with Crippen LogP contribution in [0.25, 0.3) is 0 Å². The van der Waals surface area contributed by atoms with Gasteiger partial charge in [0.2, 0.25) is 0 Å². The molecule has 10 heteroatoms. The molecule has 0 bridgehead atoms. The van der Waals surface area contributed by atoms with Crippen molar-refractivity contribution in [3.8, 4) is 5.75 Å². The van der Waals surface area contributed by atoms with Crippen LogP contribution in [0, 0.1) is 5.82 Å². The van der Waals surface area contributed by atoms with Gasteiger partial charge in [-0.2, -0.15) is 12.7 Å². The second-order valence-electron chi connectivity index (χ2n) is 6.70. The second kappa shape index (κ2) is 7.81. The maximum absolute atomic E-state index is 14.1. The molecule has 3 rings (SSSR count). The quantitative estimate of drug-likeness (QED) is 0.754. The zero-order chi connectivity index (χ0) is 19.6. The first kappa shape index (κ1) is 19.6. The summed E-state index contributed by atoms with van der Waals surface area (Å²) in [5.41, 5.74) is -0.978. The van der Waals surface area contributed by atoms with Crippen molar-refractivity contribution in [2.75, 3.05) is 13.1 Å². The smallest absolute Gasteiger partial charge is 0.338 e. The van der Waals surface area contributed by atoms with Crippen LogP contribution in [-0.4, -0.2) is 48.9 Å². The molecule has 1 aliphatic carbocycles. The van der Waals surface area contributed by atoms with E-state index in [9.17, 15) is 22.4 Å². The van der Waals surface area contributed by atoms with E-state index in [1.54, 1.807) is 0 Å². The van der Waals surface area contributed by atoms with Crippen molar-refractivity contribution in [2.45, 2.75) is 44.6 Å². The molecule has 0 spiro atoms. The van der Waals surface area contributed by atoms with Gasteiger partial charge in [0.05, 0.1) is 17.2 Å². The van der Waals surface area contributed by atoms with E-state index in [1.165, 1.54) is 0 Å². The van der Waals surface area contributed by atoms with Gasteiger partial charge in [0, 0.05) is 13.1 Å². The van der Waals surface area contributed by atoms with Crippen LogP contribution in [0.15, 0.2) is 12.1 Å². The average Bonchev–Trinajstić information content (AvgIpc) is 3.28. The average molecular weight is 400 g/mol. The minimum absolute atomic E-state index is 0.130. The molecular formula is C17H21FN2O6S. The summed E-state index contributed by atoms with van der Waals surface area (Å²) in [6, 6.07) is 1.65. The summed E-state index contributed by atoms with van der Waals surface area (Å²) in [4.78, 5) is 23.7. The van der Waals surface area contributed by atoms with Crippen molar-refractivity contribution in [3.05, 3.63) is 29.1 Å². The summed E-state index contributed by atoms with van der Waals surface area (Å²) >= 11 is 0. The minimum Gasteiger partial charge on any atom is -0.490 e. The van der Waals surface area contributed by atoms with E-state index < -0.39 is 33.5 Å². The van der Waals surface area contributed by atoms with Gasteiger partial charge in [-0.1, -0.05) is 0 Å². The van der Waals surface area contributed by atoms with Crippen molar-refractivity contribution >= 4 is 22.1 Å². The number of carboxylic acids is 1. The van der Waals surface area contributed by atoms with E-state index in [0.717, 1.165) is 36.1 Å². The number of carboxylic acid groups (broad SMARTS) is 1. The molecule has 2 aliphatic rings. The van der Waals surface area contributed by atoms with Crippen molar-refractivity contribution in [2.24, 2.45) is 0 Å². The monoisotopic (exact) mass is 400 g/mol. The van der Waals surface area contributed by atoms with E-state index in [-0.39, 0.29) is 17.4 Å². The molecule has 1 saturated heterocycles. The molecule has 1 aromatic carbocycles. The normalized spacial score (nSPS) is 18.6. The van der Waals surface area contributed by atoms with E-state index in [1.807, 2.05) is 4.72 Å². The van der Waals surface area contributed by atoms with Gasteiger partial charge in [-0.05, 0) is 50.7 Å². The number of carbonyl (C=O) groups is 2. The molecule has 1 aromatic rings. The summed E-state index contributed by atoms with van der Waals surface area (Å²) in [6.45, 7) is 0.612. The van der Waals surface area contributed by atoms with Gasteiger partial charge in [0.15, 0.2) is 0 Å². The molecule has 1 saturated carbocycles. The lowest BCUT2D eigenvalue weighted by molar-refractivity contribution is 0.0689. The predicted molar refractivity (Wildman–Crippen MR) is 93.4 cm³/mol. The number of carbonyl (C=O) groups excluding carboxylic acids is 1. The second-order valence-corrected chi connectivity index (χ2v) is 8.37.